The highest BCUT2D eigenvalue weighted by Crippen LogP contribution is 2.38. The Morgan fingerprint density at radius 1 is 0.309 bits per heavy atom. The van der Waals surface area contributed by atoms with Gasteiger partial charge in [-0.05, 0) is 72.8 Å². The van der Waals surface area contributed by atoms with E-state index in [0.29, 0.717) is 0 Å². The predicted octanol–water partition coefficient (Wildman–Crippen LogP) is 14.1. The summed E-state index contributed by atoms with van der Waals surface area (Å²) >= 11 is 0. The monoisotopic (exact) mass is 710 g/mol. The Morgan fingerprint density at radius 2 is 0.709 bits per heavy atom. The fourth-order valence-corrected chi connectivity index (χ4v) is 8.23. The molecule has 4 heterocycles. The number of rotatable bonds is 4. The summed E-state index contributed by atoms with van der Waals surface area (Å²) in [6.07, 6.45) is 0. The molecule has 0 fully saturated rings. The maximum atomic E-state index is 5.39. The van der Waals surface area contributed by atoms with Gasteiger partial charge in [-0.1, -0.05) is 137 Å². The molecule has 55 heavy (non-hydrogen) atoms. The Hall–Kier alpha value is -6.91. The molecule has 0 radical (unpaired) electrons. The zero-order valence-corrected chi connectivity index (χ0v) is 31.6. The lowest BCUT2D eigenvalue weighted by Crippen LogP contribution is -1.99. The van der Waals surface area contributed by atoms with Crippen molar-refractivity contribution in [3.8, 4) is 28.3 Å². The van der Waals surface area contributed by atoms with Crippen LogP contribution in [0.5, 0.6) is 0 Å². The van der Waals surface area contributed by atoms with E-state index < -0.39 is 0 Å². The number of aromatic nitrogens is 4. The summed E-state index contributed by atoms with van der Waals surface area (Å²) in [5.74, 6) is 0. The lowest BCUT2D eigenvalue weighted by Gasteiger charge is -2.13. The van der Waals surface area contributed by atoms with E-state index in [4.69, 9.17) is 4.98 Å². The molecule has 0 unspecified atom stereocenters. The molecule has 0 spiro atoms. The number of hydrogen-bond acceptors (Lipinski definition) is 1. The third-order valence-electron chi connectivity index (χ3n) is 10.4. The number of fused-ring (bicyclic) bond motifs is 9. The second kappa shape index (κ2) is 14.1. The molecule has 0 saturated heterocycles. The van der Waals surface area contributed by atoms with Crippen LogP contribution in [0.25, 0.3) is 93.9 Å². The highest BCUT2D eigenvalue weighted by Gasteiger charge is 2.19. The molecule has 0 aliphatic carbocycles. The van der Waals surface area contributed by atoms with Crippen molar-refractivity contribution in [3.63, 3.8) is 0 Å². The van der Waals surface area contributed by atoms with Gasteiger partial charge in [0.2, 0.25) is 0 Å². The number of hydrogen-bond donors (Lipinski definition) is 0. The molecule has 4 aromatic heterocycles. The van der Waals surface area contributed by atoms with Gasteiger partial charge >= 0.3 is 0 Å². The van der Waals surface area contributed by atoms with Crippen molar-refractivity contribution in [2.24, 2.45) is 0 Å². The van der Waals surface area contributed by atoms with Gasteiger partial charge in [0.25, 0.3) is 0 Å². The van der Waals surface area contributed by atoms with Crippen LogP contribution in [0.3, 0.4) is 0 Å². The number of para-hydroxylation sites is 4. The van der Waals surface area contributed by atoms with Crippen molar-refractivity contribution in [2.45, 2.75) is 27.7 Å². The summed E-state index contributed by atoms with van der Waals surface area (Å²) in [5.41, 5.74) is 13.3. The SMILES string of the molecule is CC.CC.c1ccc(-c2ccc3c(n2)c2cc(-n4c5ccccc5c5ccccc54)ccc2n3-c2cccc(-n3c4ccccc4c4ccccc43)c2)cc1. The van der Waals surface area contributed by atoms with Crippen LogP contribution < -0.4 is 0 Å². The average Bonchev–Trinajstić information content (AvgIpc) is 3.91. The summed E-state index contributed by atoms with van der Waals surface area (Å²) in [4.78, 5) is 5.39. The molecule has 7 aromatic carbocycles. The summed E-state index contributed by atoms with van der Waals surface area (Å²) in [5, 5.41) is 6.13. The van der Waals surface area contributed by atoms with Gasteiger partial charge in [0.15, 0.2) is 0 Å². The molecule has 0 atom stereocenters. The molecule has 266 valence electrons. The minimum atomic E-state index is 0.962. The summed E-state index contributed by atoms with van der Waals surface area (Å²) in [6.45, 7) is 8.00. The van der Waals surface area contributed by atoms with Gasteiger partial charge in [-0.25, -0.2) is 4.98 Å². The van der Waals surface area contributed by atoms with E-state index in [1.54, 1.807) is 0 Å². The van der Waals surface area contributed by atoms with Gasteiger partial charge < -0.3 is 13.7 Å². The molecule has 11 rings (SSSR count). The summed E-state index contributed by atoms with van der Waals surface area (Å²) < 4.78 is 7.14. The Kier molecular flexibility index (Phi) is 8.72. The molecule has 11 aromatic rings. The van der Waals surface area contributed by atoms with E-state index in [2.05, 4.69) is 196 Å². The van der Waals surface area contributed by atoms with Crippen molar-refractivity contribution in [2.75, 3.05) is 0 Å². The molecule has 0 saturated carbocycles. The number of nitrogens with zero attached hydrogens (tertiary/aromatic N) is 4. The second-order valence-corrected chi connectivity index (χ2v) is 13.2. The van der Waals surface area contributed by atoms with Gasteiger partial charge in [0.05, 0.1) is 44.3 Å². The molecular weight excluding hydrogens is 669 g/mol. The Labute approximate surface area is 321 Å². The number of pyridine rings is 1. The van der Waals surface area contributed by atoms with Crippen LogP contribution in [-0.4, -0.2) is 18.7 Å². The quantitative estimate of drug-likeness (QED) is 0.179. The highest BCUT2D eigenvalue weighted by atomic mass is 15.0. The molecule has 0 bridgehead atoms. The predicted molar refractivity (Wildman–Crippen MR) is 235 cm³/mol. The second-order valence-electron chi connectivity index (χ2n) is 13.2. The first-order chi connectivity index (χ1) is 27.3. The third kappa shape index (κ3) is 5.41. The van der Waals surface area contributed by atoms with Gasteiger partial charge in [0, 0.05) is 49.6 Å². The zero-order valence-electron chi connectivity index (χ0n) is 31.6. The van der Waals surface area contributed by atoms with Crippen molar-refractivity contribution >= 4 is 65.5 Å². The standard InChI is InChI=1S/C47H30N4.2C2H6/c1-2-13-31(14-3-1)40-26-28-46-47(48-40)39-30-34(50-43-23-10-6-19-37(43)38-20-7-11-24-44(38)50)25-27-45(39)51(46)33-16-12-15-32(29-33)49-41-21-8-4-17-35(41)36-18-5-9-22-42(36)49;2*1-2/h1-30H;2*1-2H3. The van der Waals surface area contributed by atoms with Gasteiger partial charge in [-0.2, -0.15) is 0 Å². The lowest BCUT2D eigenvalue weighted by atomic mass is 10.1. The van der Waals surface area contributed by atoms with Crippen LogP contribution in [0.4, 0.5) is 0 Å². The largest absolute Gasteiger partial charge is 0.309 e. The normalized spacial score (nSPS) is 11.3. The molecular formula is C51H42N4. The van der Waals surface area contributed by atoms with Crippen molar-refractivity contribution in [1.29, 1.82) is 0 Å². The summed E-state index contributed by atoms with van der Waals surface area (Å²) in [6, 6.07) is 65.3. The van der Waals surface area contributed by atoms with E-state index in [9.17, 15) is 0 Å². The fourth-order valence-electron chi connectivity index (χ4n) is 8.23. The smallest absolute Gasteiger partial charge is 0.0971 e. The first-order valence-electron chi connectivity index (χ1n) is 19.4. The first-order valence-corrected chi connectivity index (χ1v) is 19.4. The maximum Gasteiger partial charge on any atom is 0.0971 e. The lowest BCUT2D eigenvalue weighted by molar-refractivity contribution is 1.13. The van der Waals surface area contributed by atoms with E-state index in [1.807, 2.05) is 27.7 Å². The van der Waals surface area contributed by atoms with Crippen LogP contribution in [-0.2, 0) is 0 Å². The minimum absolute atomic E-state index is 0.962. The molecule has 0 aliphatic rings. The van der Waals surface area contributed by atoms with Crippen LogP contribution >= 0.6 is 0 Å². The van der Waals surface area contributed by atoms with E-state index >= 15 is 0 Å². The van der Waals surface area contributed by atoms with Gasteiger partial charge in [-0.3, -0.25) is 0 Å². The third-order valence-corrected chi connectivity index (χ3v) is 10.4. The van der Waals surface area contributed by atoms with Gasteiger partial charge in [-0.15, -0.1) is 0 Å². The van der Waals surface area contributed by atoms with E-state index in [0.717, 1.165) is 50.3 Å². The Bertz CT molecular complexity index is 3030. The minimum Gasteiger partial charge on any atom is -0.309 e. The highest BCUT2D eigenvalue weighted by molar-refractivity contribution is 6.12. The molecule has 0 N–H and O–H groups in total. The maximum absolute atomic E-state index is 5.39. The average molecular weight is 711 g/mol. The topological polar surface area (TPSA) is 27.7 Å². The molecule has 0 aliphatic heterocycles. The van der Waals surface area contributed by atoms with Crippen LogP contribution in [0.15, 0.2) is 182 Å². The van der Waals surface area contributed by atoms with E-state index in [-0.39, 0.29) is 0 Å². The van der Waals surface area contributed by atoms with E-state index in [1.165, 1.54) is 43.6 Å². The van der Waals surface area contributed by atoms with Crippen molar-refractivity contribution in [3.05, 3.63) is 182 Å². The number of benzene rings is 7. The Morgan fingerprint density at radius 3 is 1.22 bits per heavy atom. The molecule has 4 nitrogen and oxygen atoms in total. The Balaban J connectivity index is 0.000000963. The van der Waals surface area contributed by atoms with Gasteiger partial charge in [0.1, 0.15) is 0 Å². The molecule has 0 amide bonds. The first kappa shape index (κ1) is 33.9. The van der Waals surface area contributed by atoms with Crippen molar-refractivity contribution < 1.29 is 0 Å². The van der Waals surface area contributed by atoms with Crippen LogP contribution in [0, 0.1) is 0 Å². The van der Waals surface area contributed by atoms with Crippen LogP contribution in [0.1, 0.15) is 27.7 Å². The zero-order chi connectivity index (χ0) is 37.5. The van der Waals surface area contributed by atoms with Crippen LogP contribution in [0.2, 0.25) is 0 Å². The summed E-state index contributed by atoms with van der Waals surface area (Å²) in [7, 11) is 0. The molecule has 4 heteroatoms. The fraction of sp³-hybridized carbons (Fsp3) is 0.0784. The van der Waals surface area contributed by atoms with Crippen molar-refractivity contribution in [1.82, 2.24) is 18.7 Å².